The first-order valence-electron chi connectivity index (χ1n) is 20.9. The average Bonchev–Trinajstić information content (AvgIpc) is 3.28. The molecule has 4 aliphatic rings. The third-order valence-electron chi connectivity index (χ3n) is 13.9. The van der Waals surface area contributed by atoms with E-state index in [2.05, 4.69) is 195 Å². The Morgan fingerprint density at radius 1 is 0.367 bits per heavy atom. The molecule has 0 aromatic heterocycles. The minimum Gasteiger partial charge on any atom is -0.457 e. The minimum absolute atomic E-state index is 0.0379. The van der Waals surface area contributed by atoms with Gasteiger partial charge >= 0.3 is 0 Å². The maximum atomic E-state index is 14.6. The van der Waals surface area contributed by atoms with Crippen molar-refractivity contribution in [2.45, 2.75) is 43.9 Å². The Balaban J connectivity index is 1.16. The summed E-state index contributed by atoms with van der Waals surface area (Å²) in [4.78, 5) is 19.4. The third-order valence-corrected chi connectivity index (χ3v) is 13.9. The van der Waals surface area contributed by atoms with Crippen LogP contribution in [-0.4, -0.2) is 5.78 Å². The van der Waals surface area contributed by atoms with E-state index in [1.165, 1.54) is 22.3 Å². The van der Waals surface area contributed by atoms with Gasteiger partial charge in [0.05, 0.1) is 28.2 Å². The van der Waals surface area contributed by atoms with Crippen molar-refractivity contribution in [1.29, 1.82) is 0 Å². The predicted molar refractivity (Wildman–Crippen MR) is 242 cm³/mol. The van der Waals surface area contributed by atoms with Gasteiger partial charge < -0.3 is 14.5 Å². The van der Waals surface area contributed by atoms with Gasteiger partial charge in [0.15, 0.2) is 5.78 Å². The molecular formula is C56H42N2O2. The zero-order valence-corrected chi connectivity index (χ0v) is 34.0. The van der Waals surface area contributed by atoms with Crippen LogP contribution in [0.1, 0.15) is 88.1 Å². The number of hydrogen-bond donors (Lipinski definition) is 0. The summed E-state index contributed by atoms with van der Waals surface area (Å²) in [6, 6.07) is 64.8. The van der Waals surface area contributed by atoms with E-state index in [0.29, 0.717) is 11.1 Å². The topological polar surface area (TPSA) is 32.8 Å². The highest BCUT2D eigenvalue weighted by Crippen LogP contribution is 2.62. The highest BCUT2D eigenvalue weighted by Gasteiger charge is 2.52. The van der Waals surface area contributed by atoms with Crippen molar-refractivity contribution in [2.75, 3.05) is 9.80 Å². The van der Waals surface area contributed by atoms with Crippen molar-refractivity contribution < 1.29 is 9.53 Å². The van der Waals surface area contributed by atoms with E-state index in [9.17, 15) is 4.79 Å². The van der Waals surface area contributed by atoms with Crippen LogP contribution in [-0.2, 0) is 16.2 Å². The van der Waals surface area contributed by atoms with Gasteiger partial charge in [-0.3, -0.25) is 4.79 Å². The summed E-state index contributed by atoms with van der Waals surface area (Å²) in [5.74, 6) is 1.58. The Bertz CT molecular complexity index is 2830. The number of ketones is 1. The van der Waals surface area contributed by atoms with Crippen molar-refractivity contribution in [2.24, 2.45) is 0 Å². The molecule has 3 aliphatic heterocycles. The summed E-state index contributed by atoms with van der Waals surface area (Å²) in [7, 11) is 0. The number of carbonyl (C=O) groups excluding carboxylic acids is 1. The van der Waals surface area contributed by atoms with Gasteiger partial charge in [-0.25, -0.2) is 0 Å². The summed E-state index contributed by atoms with van der Waals surface area (Å²) in [5, 5.41) is 0. The van der Waals surface area contributed by atoms with Gasteiger partial charge in [-0.1, -0.05) is 149 Å². The Kier molecular flexibility index (Phi) is 7.07. The second-order valence-corrected chi connectivity index (χ2v) is 17.6. The van der Waals surface area contributed by atoms with Crippen molar-refractivity contribution in [1.82, 2.24) is 0 Å². The Labute approximate surface area is 351 Å². The molecule has 0 saturated heterocycles. The first kappa shape index (κ1) is 34.8. The lowest BCUT2D eigenvalue weighted by Crippen LogP contribution is -2.40. The van der Waals surface area contributed by atoms with Crippen molar-refractivity contribution in [3.63, 3.8) is 0 Å². The highest BCUT2D eigenvalue weighted by atomic mass is 16.5. The fourth-order valence-corrected chi connectivity index (χ4v) is 11.1. The van der Waals surface area contributed by atoms with E-state index in [1.54, 1.807) is 0 Å². The highest BCUT2D eigenvalue weighted by molar-refractivity contribution is 6.14. The molecule has 0 N–H and O–H groups in total. The molecule has 0 radical (unpaired) electrons. The maximum Gasteiger partial charge on any atom is 0.193 e. The van der Waals surface area contributed by atoms with E-state index in [1.807, 2.05) is 24.3 Å². The number of benzene rings is 8. The smallest absolute Gasteiger partial charge is 0.193 e. The number of anilines is 6. The van der Waals surface area contributed by atoms with Gasteiger partial charge in [0.2, 0.25) is 0 Å². The van der Waals surface area contributed by atoms with Crippen LogP contribution in [0.15, 0.2) is 182 Å². The SMILES string of the molecule is CC1(C)c2ccccc2N(c2ccc3c(c2)C2(c4cc(N5c6ccccc6C(C)(C)c6ccccc65)ccc4O3)c3ccccc3C(=O)c3ccccc32)c2ccccc21. The molecular weight excluding hydrogens is 733 g/mol. The number of rotatable bonds is 2. The van der Waals surface area contributed by atoms with Gasteiger partial charge in [0, 0.05) is 44.5 Å². The van der Waals surface area contributed by atoms with E-state index in [-0.39, 0.29) is 16.6 Å². The van der Waals surface area contributed by atoms with Crippen LogP contribution in [0.4, 0.5) is 34.1 Å². The normalized spacial score (nSPS) is 16.5. The molecule has 8 aromatic carbocycles. The standard InChI is InChI=1S/C56H42N2O2/c1-54(2)41-21-9-13-25-47(41)57(48-26-14-10-22-42(48)54)35-29-31-51-45(33-35)56(39-19-7-5-17-37(39)53(59)38-18-6-8-20-40(38)56)46-34-36(30-32-52(46)60-51)58-49-27-15-11-23-43(49)55(3,4)44-24-12-16-28-50(44)58/h5-34H,1-4H3. The molecule has 12 rings (SSSR count). The van der Waals surface area contributed by atoms with Crippen LogP contribution >= 0.6 is 0 Å². The Hall–Kier alpha value is -7.17. The van der Waals surface area contributed by atoms with Crippen LogP contribution in [0.2, 0.25) is 0 Å². The van der Waals surface area contributed by atoms with Crippen LogP contribution in [0.25, 0.3) is 0 Å². The lowest BCUT2D eigenvalue weighted by molar-refractivity contribution is 0.103. The van der Waals surface area contributed by atoms with Gasteiger partial charge in [0.1, 0.15) is 11.5 Å². The number of nitrogens with zero attached hydrogens (tertiary/aromatic N) is 2. The fraction of sp³-hybridized carbons (Fsp3) is 0.125. The summed E-state index contributed by atoms with van der Waals surface area (Å²) in [6.45, 7) is 9.27. The number of ether oxygens (including phenoxy) is 1. The molecule has 288 valence electrons. The van der Waals surface area contributed by atoms with Crippen LogP contribution in [0, 0.1) is 0 Å². The largest absolute Gasteiger partial charge is 0.457 e. The molecule has 0 bridgehead atoms. The van der Waals surface area contributed by atoms with E-state index >= 15 is 0 Å². The van der Waals surface area contributed by atoms with E-state index < -0.39 is 5.41 Å². The monoisotopic (exact) mass is 774 g/mol. The molecule has 3 heterocycles. The molecule has 0 saturated carbocycles. The molecule has 1 aliphatic carbocycles. The van der Waals surface area contributed by atoms with Crippen LogP contribution in [0.5, 0.6) is 11.5 Å². The first-order valence-corrected chi connectivity index (χ1v) is 20.9. The molecule has 0 atom stereocenters. The third kappa shape index (κ3) is 4.43. The summed E-state index contributed by atoms with van der Waals surface area (Å²) < 4.78 is 7.07. The Morgan fingerprint density at radius 2 is 0.683 bits per heavy atom. The predicted octanol–water partition coefficient (Wildman–Crippen LogP) is 13.9. The molecule has 1 spiro atoms. The van der Waals surface area contributed by atoms with E-state index in [4.69, 9.17) is 4.74 Å². The van der Waals surface area contributed by atoms with Gasteiger partial charge in [-0.05, 0) is 94.0 Å². The zero-order valence-electron chi connectivity index (χ0n) is 34.0. The fourth-order valence-electron chi connectivity index (χ4n) is 11.1. The molecule has 0 unspecified atom stereocenters. The Morgan fingerprint density at radius 3 is 1.05 bits per heavy atom. The summed E-state index contributed by atoms with van der Waals surface area (Å²) >= 11 is 0. The lowest BCUT2D eigenvalue weighted by atomic mass is 9.58. The maximum absolute atomic E-state index is 14.6. The number of fused-ring (bicyclic) bond motifs is 12. The molecule has 4 heteroatoms. The number of hydrogen-bond acceptors (Lipinski definition) is 4. The molecule has 4 nitrogen and oxygen atoms in total. The summed E-state index contributed by atoms with van der Waals surface area (Å²) in [6.07, 6.45) is 0. The number of carbonyl (C=O) groups is 1. The molecule has 8 aromatic rings. The second-order valence-electron chi connectivity index (χ2n) is 17.6. The zero-order chi connectivity index (χ0) is 40.5. The van der Waals surface area contributed by atoms with Crippen LogP contribution in [0.3, 0.4) is 0 Å². The average molecular weight is 775 g/mol. The van der Waals surface area contributed by atoms with Crippen molar-refractivity contribution >= 4 is 39.9 Å². The summed E-state index contributed by atoms with van der Waals surface area (Å²) in [5.41, 5.74) is 15.8. The van der Waals surface area contributed by atoms with Crippen molar-refractivity contribution in [3.8, 4) is 11.5 Å². The van der Waals surface area contributed by atoms with Crippen LogP contribution < -0.4 is 14.5 Å². The molecule has 0 amide bonds. The number of para-hydroxylation sites is 4. The van der Waals surface area contributed by atoms with E-state index in [0.717, 1.165) is 67.9 Å². The second kappa shape index (κ2) is 12.2. The first-order chi connectivity index (χ1) is 29.2. The van der Waals surface area contributed by atoms with Crippen molar-refractivity contribution in [3.05, 3.63) is 238 Å². The quantitative estimate of drug-likeness (QED) is 0.175. The molecule has 60 heavy (non-hydrogen) atoms. The minimum atomic E-state index is -0.905. The van der Waals surface area contributed by atoms with Gasteiger partial charge in [-0.2, -0.15) is 0 Å². The lowest BCUT2D eigenvalue weighted by Gasteiger charge is -2.47. The molecule has 0 fully saturated rings. The van der Waals surface area contributed by atoms with Gasteiger partial charge in [0.25, 0.3) is 0 Å². The van der Waals surface area contributed by atoms with Gasteiger partial charge in [-0.15, -0.1) is 0 Å².